The molecule has 1 aliphatic rings. The summed E-state index contributed by atoms with van der Waals surface area (Å²) >= 11 is 12.1. The Kier molecular flexibility index (Phi) is 6.77. The van der Waals surface area contributed by atoms with Crippen molar-refractivity contribution in [3.05, 3.63) is 57.7 Å². The fourth-order valence-electron chi connectivity index (χ4n) is 2.98. The molecule has 6 nitrogen and oxygen atoms in total. The summed E-state index contributed by atoms with van der Waals surface area (Å²) in [5.41, 5.74) is 1.78. The smallest absolute Gasteiger partial charge is 0.315 e. The van der Waals surface area contributed by atoms with E-state index in [0.717, 1.165) is 30.0 Å². The monoisotopic (exact) mass is 408 g/mol. The van der Waals surface area contributed by atoms with Gasteiger partial charge in [-0.15, -0.1) is 0 Å². The molecule has 8 heteroatoms. The van der Waals surface area contributed by atoms with E-state index in [1.54, 1.807) is 18.3 Å². The molecule has 1 aromatic carbocycles. The molecule has 2 aromatic rings. The molecule has 2 amide bonds. The van der Waals surface area contributed by atoms with Crippen molar-refractivity contribution >= 4 is 35.1 Å². The number of halogens is 2. The van der Waals surface area contributed by atoms with E-state index < -0.39 is 0 Å². The molecule has 0 unspecified atom stereocenters. The number of benzene rings is 1. The maximum absolute atomic E-state index is 12.3. The van der Waals surface area contributed by atoms with Crippen molar-refractivity contribution in [2.24, 2.45) is 0 Å². The predicted octanol–water partition coefficient (Wildman–Crippen LogP) is 3.79. The lowest BCUT2D eigenvalue weighted by Gasteiger charge is -2.29. The Labute approximate surface area is 168 Å². The first kappa shape index (κ1) is 19.7. The first-order valence-electron chi connectivity index (χ1n) is 8.80. The van der Waals surface area contributed by atoms with Gasteiger partial charge >= 0.3 is 6.03 Å². The van der Waals surface area contributed by atoms with Crippen LogP contribution in [0, 0.1) is 0 Å². The van der Waals surface area contributed by atoms with E-state index in [9.17, 15) is 4.79 Å². The predicted molar refractivity (Wildman–Crippen MR) is 108 cm³/mol. The molecule has 0 saturated carbocycles. The summed E-state index contributed by atoms with van der Waals surface area (Å²) < 4.78 is 5.39. The van der Waals surface area contributed by atoms with Crippen molar-refractivity contribution in [3.8, 4) is 0 Å². The van der Waals surface area contributed by atoms with Crippen LogP contribution in [0.3, 0.4) is 0 Å². The van der Waals surface area contributed by atoms with Crippen LogP contribution in [-0.2, 0) is 11.3 Å². The fourth-order valence-corrected chi connectivity index (χ4v) is 3.55. The highest BCUT2D eigenvalue weighted by Crippen LogP contribution is 2.26. The summed E-state index contributed by atoms with van der Waals surface area (Å²) in [5, 5.41) is 6.87. The molecule has 1 aliphatic heterocycles. The minimum Gasteiger partial charge on any atom is -0.378 e. The molecular formula is C19H22Cl2N4O2. The molecule has 0 aliphatic carbocycles. The lowest BCUT2D eigenvalue weighted by atomic mass is 10.1. The van der Waals surface area contributed by atoms with E-state index in [1.165, 1.54) is 0 Å². The van der Waals surface area contributed by atoms with Gasteiger partial charge in [0.15, 0.2) is 0 Å². The van der Waals surface area contributed by atoms with Crippen LogP contribution < -0.4 is 15.5 Å². The number of hydrogen-bond acceptors (Lipinski definition) is 4. The summed E-state index contributed by atoms with van der Waals surface area (Å²) in [4.78, 5) is 19.0. The number of anilines is 1. The average molecular weight is 409 g/mol. The number of urea groups is 1. The Balaban J connectivity index is 1.59. The van der Waals surface area contributed by atoms with Crippen LogP contribution in [0.1, 0.15) is 24.1 Å². The minimum absolute atomic E-state index is 0.248. The highest BCUT2D eigenvalue weighted by molar-refractivity contribution is 6.35. The van der Waals surface area contributed by atoms with Gasteiger partial charge in [0.1, 0.15) is 5.82 Å². The number of nitrogens with zero attached hydrogens (tertiary/aromatic N) is 2. The molecule has 2 N–H and O–H groups in total. The topological polar surface area (TPSA) is 66.5 Å². The molecule has 0 spiro atoms. The Bertz CT molecular complexity index is 797. The Morgan fingerprint density at radius 2 is 2.07 bits per heavy atom. The Morgan fingerprint density at radius 1 is 1.30 bits per heavy atom. The van der Waals surface area contributed by atoms with Gasteiger partial charge in [-0.1, -0.05) is 35.3 Å². The first-order valence-corrected chi connectivity index (χ1v) is 9.56. The van der Waals surface area contributed by atoms with Crippen molar-refractivity contribution in [1.82, 2.24) is 15.6 Å². The highest BCUT2D eigenvalue weighted by Gasteiger charge is 2.17. The average Bonchev–Trinajstić information content (AvgIpc) is 2.67. The number of morpholine rings is 1. The molecular weight excluding hydrogens is 387 g/mol. The number of nitrogens with one attached hydrogen (secondary N) is 2. The Hall–Kier alpha value is -2.02. The molecule has 0 radical (unpaired) electrons. The lowest BCUT2D eigenvalue weighted by molar-refractivity contribution is 0.122. The zero-order valence-electron chi connectivity index (χ0n) is 15.0. The van der Waals surface area contributed by atoms with Crippen molar-refractivity contribution in [2.45, 2.75) is 19.5 Å². The minimum atomic E-state index is -0.273. The molecule has 2 heterocycles. The standard InChI is InChI=1S/C19H22Cl2N4O2/c1-13(16-5-4-15(20)11-17(16)21)24-19(26)23-12-14-3-2-6-22-18(14)25-7-9-27-10-8-25/h2-6,11,13H,7-10,12H2,1H3,(H2,23,24,26)/t13-/m0/s1. The molecule has 144 valence electrons. The van der Waals surface area contributed by atoms with Gasteiger partial charge < -0.3 is 20.3 Å². The highest BCUT2D eigenvalue weighted by atomic mass is 35.5. The second kappa shape index (κ2) is 9.26. The summed E-state index contributed by atoms with van der Waals surface area (Å²) in [7, 11) is 0. The zero-order chi connectivity index (χ0) is 19.2. The van der Waals surface area contributed by atoms with Gasteiger partial charge in [0.2, 0.25) is 0 Å². The second-order valence-corrected chi connectivity index (χ2v) is 7.14. The molecule has 27 heavy (non-hydrogen) atoms. The number of carbonyl (C=O) groups excluding carboxylic acids is 1. The Morgan fingerprint density at radius 3 is 2.81 bits per heavy atom. The van der Waals surface area contributed by atoms with E-state index >= 15 is 0 Å². The van der Waals surface area contributed by atoms with Crippen LogP contribution in [0.15, 0.2) is 36.5 Å². The first-order chi connectivity index (χ1) is 13.0. The van der Waals surface area contributed by atoms with E-state index in [0.29, 0.717) is 29.8 Å². The van der Waals surface area contributed by atoms with E-state index in [2.05, 4.69) is 20.5 Å². The van der Waals surface area contributed by atoms with E-state index in [-0.39, 0.29) is 12.1 Å². The normalized spacial score (nSPS) is 15.3. The van der Waals surface area contributed by atoms with Gasteiger partial charge in [-0.25, -0.2) is 9.78 Å². The van der Waals surface area contributed by atoms with Crippen LogP contribution in [0.4, 0.5) is 10.6 Å². The van der Waals surface area contributed by atoms with Gasteiger partial charge in [-0.2, -0.15) is 0 Å². The van der Waals surface area contributed by atoms with Gasteiger partial charge in [-0.3, -0.25) is 0 Å². The van der Waals surface area contributed by atoms with Crippen molar-refractivity contribution in [3.63, 3.8) is 0 Å². The maximum Gasteiger partial charge on any atom is 0.315 e. The van der Waals surface area contributed by atoms with Crippen LogP contribution in [0.25, 0.3) is 0 Å². The largest absolute Gasteiger partial charge is 0.378 e. The summed E-state index contributed by atoms with van der Waals surface area (Å²) in [6.07, 6.45) is 1.76. The number of amides is 2. The SMILES string of the molecule is C[C@H](NC(=O)NCc1cccnc1N1CCOCC1)c1ccc(Cl)cc1Cl. The second-order valence-electron chi connectivity index (χ2n) is 6.30. The van der Waals surface area contributed by atoms with Crippen LogP contribution in [0.2, 0.25) is 10.0 Å². The van der Waals surface area contributed by atoms with Crippen LogP contribution >= 0.6 is 23.2 Å². The lowest BCUT2D eigenvalue weighted by Crippen LogP contribution is -2.39. The number of ether oxygens (including phenoxy) is 1. The third kappa shape index (κ3) is 5.25. The summed E-state index contributed by atoms with van der Waals surface area (Å²) in [5.74, 6) is 0.884. The van der Waals surface area contributed by atoms with Gasteiger partial charge in [0.05, 0.1) is 19.3 Å². The quantitative estimate of drug-likeness (QED) is 0.789. The number of rotatable bonds is 5. The molecule has 3 rings (SSSR count). The third-order valence-corrected chi connectivity index (χ3v) is 4.96. The summed E-state index contributed by atoms with van der Waals surface area (Å²) in [6, 6.07) is 8.55. The van der Waals surface area contributed by atoms with Crippen molar-refractivity contribution in [2.75, 3.05) is 31.2 Å². The number of aromatic nitrogens is 1. The van der Waals surface area contributed by atoms with Gasteiger partial charge in [0.25, 0.3) is 0 Å². The molecule has 1 saturated heterocycles. The molecule has 1 atom stereocenters. The molecule has 0 bridgehead atoms. The fraction of sp³-hybridized carbons (Fsp3) is 0.368. The number of hydrogen-bond donors (Lipinski definition) is 2. The van der Waals surface area contributed by atoms with E-state index in [1.807, 2.05) is 25.1 Å². The zero-order valence-corrected chi connectivity index (χ0v) is 16.6. The van der Waals surface area contributed by atoms with Crippen LogP contribution in [0.5, 0.6) is 0 Å². The number of carbonyl (C=O) groups is 1. The van der Waals surface area contributed by atoms with Gasteiger partial charge in [0, 0.05) is 41.4 Å². The summed E-state index contributed by atoms with van der Waals surface area (Å²) in [6.45, 7) is 5.21. The molecule has 1 aromatic heterocycles. The third-order valence-electron chi connectivity index (χ3n) is 4.39. The van der Waals surface area contributed by atoms with E-state index in [4.69, 9.17) is 27.9 Å². The van der Waals surface area contributed by atoms with Gasteiger partial charge in [-0.05, 0) is 30.7 Å². The molecule has 1 fully saturated rings. The van der Waals surface area contributed by atoms with Crippen molar-refractivity contribution < 1.29 is 9.53 Å². The van der Waals surface area contributed by atoms with Crippen molar-refractivity contribution in [1.29, 1.82) is 0 Å². The maximum atomic E-state index is 12.3. The van der Waals surface area contributed by atoms with Crippen LogP contribution in [-0.4, -0.2) is 37.3 Å². The number of pyridine rings is 1.